The van der Waals surface area contributed by atoms with Crippen LogP contribution < -0.4 is 4.90 Å². The summed E-state index contributed by atoms with van der Waals surface area (Å²) in [6.45, 7) is 5.33. The Morgan fingerprint density at radius 3 is 2.64 bits per heavy atom. The molecule has 2 aromatic rings. The molecule has 1 unspecified atom stereocenters. The van der Waals surface area contributed by atoms with E-state index in [0.29, 0.717) is 12.4 Å². The number of nitrogens with zero attached hydrogens (tertiary/aromatic N) is 5. The Balaban J connectivity index is 2.00. The number of carbonyl (C=O) groups is 1. The largest absolute Gasteiger partial charge is 0.362 e. The summed E-state index contributed by atoms with van der Waals surface area (Å²) in [6, 6.07) is 3.82. The molecule has 0 spiro atoms. The van der Waals surface area contributed by atoms with Crippen molar-refractivity contribution in [2.24, 2.45) is 5.92 Å². The first-order valence-corrected chi connectivity index (χ1v) is 8.77. The summed E-state index contributed by atoms with van der Waals surface area (Å²) in [4.78, 5) is 30.1. The quantitative estimate of drug-likeness (QED) is 0.856. The minimum absolute atomic E-state index is 0.0522. The van der Waals surface area contributed by atoms with Crippen molar-refractivity contribution in [3.05, 3.63) is 35.8 Å². The molecule has 0 saturated heterocycles. The molecule has 0 aromatic carbocycles. The van der Waals surface area contributed by atoms with E-state index >= 15 is 0 Å². The second-order valence-electron chi connectivity index (χ2n) is 6.75. The van der Waals surface area contributed by atoms with E-state index in [1.165, 1.54) is 0 Å². The van der Waals surface area contributed by atoms with E-state index in [4.69, 9.17) is 9.97 Å². The van der Waals surface area contributed by atoms with Crippen LogP contribution in [-0.2, 0) is 17.8 Å². The summed E-state index contributed by atoms with van der Waals surface area (Å²) >= 11 is 0. The molecule has 0 radical (unpaired) electrons. The van der Waals surface area contributed by atoms with Crippen LogP contribution in [0.3, 0.4) is 0 Å². The van der Waals surface area contributed by atoms with E-state index in [1.54, 1.807) is 12.4 Å². The minimum Gasteiger partial charge on any atom is -0.362 e. The Kier molecular flexibility index (Phi) is 4.97. The zero-order valence-electron chi connectivity index (χ0n) is 15.4. The van der Waals surface area contributed by atoms with Gasteiger partial charge in [-0.15, -0.1) is 0 Å². The van der Waals surface area contributed by atoms with Gasteiger partial charge in [-0.1, -0.05) is 13.8 Å². The zero-order valence-corrected chi connectivity index (χ0v) is 15.4. The lowest BCUT2D eigenvalue weighted by Crippen LogP contribution is -2.40. The molecule has 2 aromatic heterocycles. The molecule has 1 aliphatic heterocycles. The van der Waals surface area contributed by atoms with Gasteiger partial charge < -0.3 is 9.80 Å². The summed E-state index contributed by atoms with van der Waals surface area (Å²) < 4.78 is 0. The van der Waals surface area contributed by atoms with Crippen molar-refractivity contribution >= 4 is 11.7 Å². The van der Waals surface area contributed by atoms with Gasteiger partial charge in [0, 0.05) is 50.1 Å². The molecule has 0 aliphatic carbocycles. The summed E-state index contributed by atoms with van der Waals surface area (Å²) in [7, 11) is 3.99. The van der Waals surface area contributed by atoms with E-state index in [1.807, 2.05) is 49.9 Å². The zero-order chi connectivity index (χ0) is 18.0. The first-order chi connectivity index (χ1) is 12.0. The van der Waals surface area contributed by atoms with Gasteiger partial charge in [-0.3, -0.25) is 9.78 Å². The van der Waals surface area contributed by atoms with Gasteiger partial charge in [0.25, 0.3) is 0 Å². The van der Waals surface area contributed by atoms with Crippen LogP contribution in [0.5, 0.6) is 0 Å². The van der Waals surface area contributed by atoms with Gasteiger partial charge in [0.2, 0.25) is 5.91 Å². The van der Waals surface area contributed by atoms with Crippen molar-refractivity contribution in [3.63, 3.8) is 0 Å². The average molecular weight is 339 g/mol. The van der Waals surface area contributed by atoms with Gasteiger partial charge in [-0.05, 0) is 25.0 Å². The lowest BCUT2D eigenvalue weighted by molar-refractivity contribution is -0.136. The fourth-order valence-corrected chi connectivity index (χ4v) is 3.09. The first kappa shape index (κ1) is 17.3. The van der Waals surface area contributed by atoms with Crippen LogP contribution in [0.2, 0.25) is 0 Å². The van der Waals surface area contributed by atoms with Crippen LogP contribution in [0.25, 0.3) is 11.4 Å². The van der Waals surface area contributed by atoms with Crippen LogP contribution in [0.4, 0.5) is 5.82 Å². The van der Waals surface area contributed by atoms with Gasteiger partial charge >= 0.3 is 0 Å². The van der Waals surface area contributed by atoms with Crippen molar-refractivity contribution in [1.82, 2.24) is 19.9 Å². The highest BCUT2D eigenvalue weighted by Gasteiger charge is 2.28. The molecule has 0 bridgehead atoms. The van der Waals surface area contributed by atoms with E-state index in [0.717, 1.165) is 42.0 Å². The van der Waals surface area contributed by atoms with Crippen molar-refractivity contribution in [3.8, 4) is 11.4 Å². The van der Waals surface area contributed by atoms with Crippen LogP contribution in [0.1, 0.15) is 31.5 Å². The average Bonchev–Trinajstić information content (AvgIpc) is 2.65. The standard InChI is InChI=1S/C19H25N5O/c1-5-13(2)19(25)24-11-8-15-16(12-24)21-17(22-18(15)23(3)4)14-6-9-20-10-7-14/h6-7,9-10,13H,5,8,11-12H2,1-4H3. The predicted molar refractivity (Wildman–Crippen MR) is 98.2 cm³/mol. The molecule has 1 atom stereocenters. The van der Waals surface area contributed by atoms with E-state index in [2.05, 4.69) is 4.98 Å². The Hall–Kier alpha value is -2.50. The lowest BCUT2D eigenvalue weighted by Gasteiger charge is -2.32. The Bertz CT molecular complexity index is 760. The Morgan fingerprint density at radius 1 is 1.28 bits per heavy atom. The number of amides is 1. The third-order valence-corrected chi connectivity index (χ3v) is 4.75. The molecule has 0 N–H and O–H groups in total. The second-order valence-corrected chi connectivity index (χ2v) is 6.75. The number of fused-ring (bicyclic) bond motifs is 1. The van der Waals surface area contributed by atoms with Gasteiger partial charge in [-0.2, -0.15) is 0 Å². The summed E-state index contributed by atoms with van der Waals surface area (Å²) in [6.07, 6.45) is 5.14. The maximum atomic E-state index is 12.6. The number of aromatic nitrogens is 3. The van der Waals surface area contributed by atoms with Crippen LogP contribution in [0.15, 0.2) is 24.5 Å². The highest BCUT2D eigenvalue weighted by atomic mass is 16.2. The molecule has 3 heterocycles. The van der Waals surface area contributed by atoms with Gasteiger partial charge in [0.05, 0.1) is 12.2 Å². The van der Waals surface area contributed by atoms with Crippen LogP contribution in [0, 0.1) is 5.92 Å². The molecular weight excluding hydrogens is 314 g/mol. The van der Waals surface area contributed by atoms with Crippen LogP contribution >= 0.6 is 0 Å². The number of pyridine rings is 1. The third-order valence-electron chi connectivity index (χ3n) is 4.75. The Labute approximate surface area is 148 Å². The number of hydrogen-bond donors (Lipinski definition) is 0. The number of rotatable bonds is 4. The van der Waals surface area contributed by atoms with Crippen molar-refractivity contribution in [1.29, 1.82) is 0 Å². The summed E-state index contributed by atoms with van der Waals surface area (Å²) in [5.41, 5.74) is 3.04. The molecule has 6 heteroatoms. The molecule has 3 rings (SSSR count). The molecule has 25 heavy (non-hydrogen) atoms. The van der Waals surface area contributed by atoms with Gasteiger partial charge in [0.15, 0.2) is 5.82 Å². The highest BCUT2D eigenvalue weighted by Crippen LogP contribution is 2.29. The molecule has 6 nitrogen and oxygen atoms in total. The number of hydrogen-bond acceptors (Lipinski definition) is 5. The van der Waals surface area contributed by atoms with Crippen molar-refractivity contribution in [2.45, 2.75) is 33.2 Å². The normalized spacial score (nSPS) is 14.8. The minimum atomic E-state index is 0.0522. The number of carbonyl (C=O) groups excluding carboxylic acids is 1. The monoisotopic (exact) mass is 339 g/mol. The van der Waals surface area contributed by atoms with Gasteiger partial charge in [0.1, 0.15) is 5.82 Å². The van der Waals surface area contributed by atoms with Gasteiger partial charge in [-0.25, -0.2) is 9.97 Å². The highest BCUT2D eigenvalue weighted by molar-refractivity contribution is 5.79. The van der Waals surface area contributed by atoms with E-state index in [9.17, 15) is 4.79 Å². The molecule has 132 valence electrons. The fraction of sp³-hybridized carbons (Fsp3) is 0.474. The third kappa shape index (κ3) is 3.48. The topological polar surface area (TPSA) is 62.2 Å². The Morgan fingerprint density at radius 2 is 2.00 bits per heavy atom. The molecule has 1 amide bonds. The van der Waals surface area contributed by atoms with Crippen molar-refractivity contribution < 1.29 is 4.79 Å². The van der Waals surface area contributed by atoms with Crippen molar-refractivity contribution in [2.75, 3.05) is 25.5 Å². The molecular formula is C19H25N5O. The maximum absolute atomic E-state index is 12.6. The second kappa shape index (κ2) is 7.17. The molecule has 0 saturated carbocycles. The smallest absolute Gasteiger partial charge is 0.225 e. The summed E-state index contributed by atoms with van der Waals surface area (Å²) in [5, 5.41) is 0. The summed E-state index contributed by atoms with van der Waals surface area (Å²) in [5.74, 6) is 1.88. The SMILES string of the molecule is CCC(C)C(=O)N1CCc2c(nc(-c3ccncc3)nc2N(C)C)C1. The number of anilines is 1. The fourth-order valence-electron chi connectivity index (χ4n) is 3.09. The van der Waals surface area contributed by atoms with E-state index in [-0.39, 0.29) is 11.8 Å². The first-order valence-electron chi connectivity index (χ1n) is 8.77. The van der Waals surface area contributed by atoms with Crippen LogP contribution in [-0.4, -0.2) is 46.4 Å². The predicted octanol–water partition coefficient (Wildman–Crippen LogP) is 2.54. The molecule has 1 aliphatic rings. The maximum Gasteiger partial charge on any atom is 0.225 e. The molecule has 0 fully saturated rings. The van der Waals surface area contributed by atoms with E-state index < -0.39 is 0 Å². The lowest BCUT2D eigenvalue weighted by atomic mass is 10.0.